The predicted octanol–water partition coefficient (Wildman–Crippen LogP) is 1.89. The van der Waals surface area contributed by atoms with Gasteiger partial charge >= 0.3 is 0 Å². The molecule has 2 N–H and O–H groups in total. The third-order valence-electron chi connectivity index (χ3n) is 3.07. The summed E-state index contributed by atoms with van der Waals surface area (Å²) in [7, 11) is 0. The molecule has 1 heterocycles. The van der Waals surface area contributed by atoms with Crippen LogP contribution >= 0.6 is 11.6 Å². The van der Waals surface area contributed by atoms with Crippen molar-refractivity contribution >= 4 is 17.5 Å². The quantitative estimate of drug-likeness (QED) is 0.881. The van der Waals surface area contributed by atoms with Crippen LogP contribution in [0.1, 0.15) is 18.4 Å². The average Bonchev–Trinajstić information content (AvgIpc) is 2.34. The van der Waals surface area contributed by atoms with Crippen molar-refractivity contribution in [3.63, 3.8) is 0 Å². The van der Waals surface area contributed by atoms with Crippen LogP contribution in [0.2, 0.25) is 5.02 Å². The van der Waals surface area contributed by atoms with Gasteiger partial charge in [0.05, 0.1) is 6.42 Å². The van der Waals surface area contributed by atoms with Crippen molar-refractivity contribution in [2.24, 2.45) is 0 Å². The van der Waals surface area contributed by atoms with Crippen molar-refractivity contribution in [1.29, 1.82) is 0 Å². The molecule has 3 nitrogen and oxygen atoms in total. The molecule has 0 bridgehead atoms. The van der Waals surface area contributed by atoms with Gasteiger partial charge in [-0.2, -0.15) is 0 Å². The summed E-state index contributed by atoms with van der Waals surface area (Å²) in [6.45, 7) is 1.83. The zero-order chi connectivity index (χ0) is 13.0. The maximum atomic E-state index is 13.5. The van der Waals surface area contributed by atoms with Crippen LogP contribution < -0.4 is 10.6 Å². The molecule has 0 atom stereocenters. The van der Waals surface area contributed by atoms with Crippen LogP contribution in [-0.2, 0) is 11.2 Å². The summed E-state index contributed by atoms with van der Waals surface area (Å²) in [5.74, 6) is -0.564. The molecule has 1 aromatic carbocycles. The summed E-state index contributed by atoms with van der Waals surface area (Å²) >= 11 is 5.66. The summed E-state index contributed by atoms with van der Waals surface area (Å²) < 4.78 is 13.5. The molecule has 1 aliphatic rings. The van der Waals surface area contributed by atoms with E-state index in [1.165, 1.54) is 6.07 Å². The molecule has 5 heteroatoms. The van der Waals surface area contributed by atoms with Gasteiger partial charge in [-0.05, 0) is 43.6 Å². The number of nitrogens with one attached hydrogen (secondary N) is 2. The normalized spacial score (nSPS) is 16.6. The number of halogens is 2. The van der Waals surface area contributed by atoms with Gasteiger partial charge in [-0.15, -0.1) is 0 Å². The standard InChI is InChI=1S/C13H16ClFN2O/c14-10-2-1-9(12(15)8-10)7-13(18)17-11-3-5-16-6-4-11/h1-2,8,11,16H,3-7H2,(H,17,18). The molecule has 98 valence electrons. The number of rotatable bonds is 3. The SMILES string of the molecule is O=C(Cc1ccc(Cl)cc1F)NC1CCNCC1. The Bertz CT molecular complexity index is 433. The molecule has 0 spiro atoms. The highest BCUT2D eigenvalue weighted by molar-refractivity contribution is 6.30. The first-order chi connectivity index (χ1) is 8.65. The number of hydrogen-bond acceptors (Lipinski definition) is 2. The van der Waals surface area contributed by atoms with E-state index >= 15 is 0 Å². The van der Waals surface area contributed by atoms with E-state index in [0.29, 0.717) is 10.6 Å². The zero-order valence-corrected chi connectivity index (χ0v) is 10.8. The lowest BCUT2D eigenvalue weighted by molar-refractivity contribution is -0.121. The lowest BCUT2D eigenvalue weighted by atomic mass is 10.1. The van der Waals surface area contributed by atoms with E-state index in [-0.39, 0.29) is 18.4 Å². The molecule has 0 aromatic heterocycles. The van der Waals surface area contributed by atoms with Gasteiger partial charge in [-0.1, -0.05) is 17.7 Å². The van der Waals surface area contributed by atoms with Gasteiger partial charge < -0.3 is 10.6 Å². The van der Waals surface area contributed by atoms with E-state index in [1.54, 1.807) is 12.1 Å². The van der Waals surface area contributed by atoms with Crippen molar-refractivity contribution in [3.05, 3.63) is 34.6 Å². The lowest BCUT2D eigenvalue weighted by Crippen LogP contribution is -2.43. The van der Waals surface area contributed by atoms with Crippen LogP contribution in [0.4, 0.5) is 4.39 Å². The van der Waals surface area contributed by atoms with E-state index in [4.69, 9.17) is 11.6 Å². The molecule has 1 aliphatic heterocycles. The Labute approximate surface area is 111 Å². The van der Waals surface area contributed by atoms with Gasteiger partial charge in [-0.25, -0.2) is 4.39 Å². The minimum atomic E-state index is -0.428. The number of amides is 1. The Morgan fingerprint density at radius 1 is 1.44 bits per heavy atom. The molecule has 18 heavy (non-hydrogen) atoms. The molecule has 1 fully saturated rings. The number of carbonyl (C=O) groups excluding carboxylic acids is 1. The minimum Gasteiger partial charge on any atom is -0.353 e. The molecule has 1 aromatic rings. The number of piperidine rings is 1. The lowest BCUT2D eigenvalue weighted by Gasteiger charge is -2.23. The van der Waals surface area contributed by atoms with E-state index < -0.39 is 5.82 Å². The van der Waals surface area contributed by atoms with Crippen molar-refractivity contribution in [3.8, 4) is 0 Å². The molecule has 1 amide bonds. The number of carbonyl (C=O) groups is 1. The topological polar surface area (TPSA) is 41.1 Å². The molecule has 0 aliphatic carbocycles. The Kier molecular flexibility index (Phi) is 4.55. The monoisotopic (exact) mass is 270 g/mol. The predicted molar refractivity (Wildman–Crippen MR) is 69.1 cm³/mol. The van der Waals surface area contributed by atoms with Crippen LogP contribution in [0.15, 0.2) is 18.2 Å². The summed E-state index contributed by atoms with van der Waals surface area (Å²) in [6.07, 6.45) is 1.91. The van der Waals surface area contributed by atoms with Crippen LogP contribution in [0, 0.1) is 5.82 Å². The maximum absolute atomic E-state index is 13.5. The fourth-order valence-electron chi connectivity index (χ4n) is 2.08. The first-order valence-electron chi connectivity index (χ1n) is 6.09. The van der Waals surface area contributed by atoms with Gasteiger partial charge in [0.15, 0.2) is 0 Å². The van der Waals surface area contributed by atoms with Gasteiger partial charge in [0.2, 0.25) is 5.91 Å². The Morgan fingerprint density at radius 3 is 2.83 bits per heavy atom. The number of benzene rings is 1. The molecule has 2 rings (SSSR count). The summed E-state index contributed by atoms with van der Waals surface area (Å²) in [5.41, 5.74) is 0.380. The fraction of sp³-hybridized carbons (Fsp3) is 0.462. The largest absolute Gasteiger partial charge is 0.353 e. The van der Waals surface area contributed by atoms with Crippen LogP contribution in [0.25, 0.3) is 0 Å². The van der Waals surface area contributed by atoms with Gasteiger partial charge in [0.25, 0.3) is 0 Å². The Morgan fingerprint density at radius 2 is 2.17 bits per heavy atom. The van der Waals surface area contributed by atoms with E-state index in [1.807, 2.05) is 0 Å². The van der Waals surface area contributed by atoms with Gasteiger partial charge in [-0.3, -0.25) is 4.79 Å². The summed E-state index contributed by atoms with van der Waals surface area (Å²) in [5, 5.41) is 6.50. The molecular weight excluding hydrogens is 255 g/mol. The van der Waals surface area contributed by atoms with E-state index in [0.717, 1.165) is 25.9 Å². The Hall–Kier alpha value is -1.13. The van der Waals surface area contributed by atoms with Crippen LogP contribution in [-0.4, -0.2) is 25.0 Å². The second kappa shape index (κ2) is 6.16. The molecule has 0 unspecified atom stereocenters. The van der Waals surface area contributed by atoms with Crippen molar-refractivity contribution in [1.82, 2.24) is 10.6 Å². The highest BCUT2D eigenvalue weighted by atomic mass is 35.5. The van der Waals surface area contributed by atoms with Crippen LogP contribution in [0.5, 0.6) is 0 Å². The highest BCUT2D eigenvalue weighted by Gasteiger charge is 2.16. The maximum Gasteiger partial charge on any atom is 0.224 e. The van der Waals surface area contributed by atoms with Crippen LogP contribution in [0.3, 0.4) is 0 Å². The highest BCUT2D eigenvalue weighted by Crippen LogP contribution is 2.15. The zero-order valence-electron chi connectivity index (χ0n) is 10.0. The third-order valence-corrected chi connectivity index (χ3v) is 3.31. The van der Waals surface area contributed by atoms with Crippen molar-refractivity contribution in [2.45, 2.75) is 25.3 Å². The van der Waals surface area contributed by atoms with Gasteiger partial charge in [0.1, 0.15) is 5.82 Å². The second-order valence-corrected chi connectivity index (χ2v) is 4.94. The van der Waals surface area contributed by atoms with Crippen molar-refractivity contribution < 1.29 is 9.18 Å². The average molecular weight is 271 g/mol. The fourth-order valence-corrected chi connectivity index (χ4v) is 2.24. The van der Waals surface area contributed by atoms with Crippen molar-refractivity contribution in [2.75, 3.05) is 13.1 Å². The van der Waals surface area contributed by atoms with E-state index in [9.17, 15) is 9.18 Å². The first-order valence-corrected chi connectivity index (χ1v) is 6.47. The van der Waals surface area contributed by atoms with E-state index in [2.05, 4.69) is 10.6 Å². The second-order valence-electron chi connectivity index (χ2n) is 4.50. The smallest absolute Gasteiger partial charge is 0.224 e. The molecule has 1 saturated heterocycles. The summed E-state index contributed by atoms with van der Waals surface area (Å²) in [4.78, 5) is 11.8. The number of hydrogen-bond donors (Lipinski definition) is 2. The first kappa shape index (κ1) is 13.3. The minimum absolute atomic E-state index is 0.0624. The van der Waals surface area contributed by atoms with Gasteiger partial charge in [0, 0.05) is 11.1 Å². The molecule has 0 radical (unpaired) electrons. The molecule has 0 saturated carbocycles. The Balaban J connectivity index is 1.90. The summed E-state index contributed by atoms with van der Waals surface area (Å²) in [6, 6.07) is 4.58. The third kappa shape index (κ3) is 3.68. The molecular formula is C13H16ClFN2O.